The molecule has 2 aliphatic rings. The Kier molecular flexibility index (Phi) is 8.81. The molecule has 9 atom stereocenters. The number of alkyl halides is 1. The van der Waals surface area contributed by atoms with Crippen LogP contribution in [0.2, 0.25) is 0 Å². The van der Waals surface area contributed by atoms with Gasteiger partial charge in [-0.25, -0.2) is 0 Å². The molecule has 0 saturated carbocycles. The smallest absolute Gasteiger partial charge is 0.237 e. The molecule has 2 fully saturated rings. The van der Waals surface area contributed by atoms with Crippen molar-refractivity contribution in [3.05, 3.63) is 0 Å². The molecule has 7 nitrogen and oxygen atoms in total. The van der Waals surface area contributed by atoms with Crippen LogP contribution in [-0.4, -0.2) is 92.3 Å². The summed E-state index contributed by atoms with van der Waals surface area (Å²) in [5, 5.41) is 36.4. The second-order valence-corrected chi connectivity index (χ2v) is 9.86. The normalized spacial score (nSPS) is 40.2. The van der Waals surface area contributed by atoms with E-state index < -0.39 is 41.3 Å². The Balaban J connectivity index is 2.05. The molecule has 152 valence electrons. The lowest BCUT2D eigenvalue weighted by Gasteiger charge is -2.44. The molecule has 2 rings (SSSR count). The van der Waals surface area contributed by atoms with Crippen molar-refractivity contribution >= 4 is 41.0 Å². The van der Waals surface area contributed by atoms with E-state index in [1.165, 1.54) is 11.8 Å². The molecule has 2 heterocycles. The van der Waals surface area contributed by atoms with Gasteiger partial charge in [0.1, 0.15) is 29.9 Å². The van der Waals surface area contributed by atoms with Crippen LogP contribution >= 0.6 is 35.1 Å². The number of nitrogens with one attached hydrogen (secondary N) is 2. The third-order valence-electron chi connectivity index (χ3n) is 4.81. The number of carbonyl (C=O) groups is 1. The van der Waals surface area contributed by atoms with Gasteiger partial charge in [-0.3, -0.25) is 4.79 Å². The van der Waals surface area contributed by atoms with Crippen LogP contribution in [0.4, 0.5) is 0 Å². The summed E-state index contributed by atoms with van der Waals surface area (Å²) in [6.07, 6.45) is -2.36. The summed E-state index contributed by atoms with van der Waals surface area (Å²) in [6, 6.07) is -1.01. The number of halogens is 1. The van der Waals surface area contributed by atoms with Crippen LogP contribution in [0.3, 0.4) is 0 Å². The molecule has 0 bridgehead atoms. The summed E-state index contributed by atoms with van der Waals surface area (Å²) >= 11 is 9.31. The summed E-state index contributed by atoms with van der Waals surface area (Å²) in [5.74, 6) is 0.805. The van der Waals surface area contributed by atoms with Gasteiger partial charge in [-0.15, -0.1) is 23.4 Å². The van der Waals surface area contributed by atoms with Gasteiger partial charge in [-0.2, -0.15) is 11.8 Å². The van der Waals surface area contributed by atoms with Crippen molar-refractivity contribution in [2.75, 3.05) is 18.6 Å². The zero-order chi connectivity index (χ0) is 19.4. The summed E-state index contributed by atoms with van der Waals surface area (Å²) in [5.41, 5.74) is -0.705. The third-order valence-corrected chi connectivity index (χ3v) is 7.10. The molecule has 0 spiro atoms. The average molecular weight is 429 g/mol. The van der Waals surface area contributed by atoms with Gasteiger partial charge < -0.3 is 30.7 Å². The van der Waals surface area contributed by atoms with Crippen LogP contribution in [0, 0.1) is 0 Å². The third kappa shape index (κ3) is 5.20. The molecule has 0 aromatic carbocycles. The van der Waals surface area contributed by atoms with E-state index in [-0.39, 0.29) is 11.9 Å². The Bertz CT molecular complexity index is 474. The summed E-state index contributed by atoms with van der Waals surface area (Å²) in [7, 11) is 0. The van der Waals surface area contributed by atoms with Crippen molar-refractivity contribution in [2.24, 2.45) is 0 Å². The first kappa shape index (κ1) is 22.5. The molecule has 10 heteroatoms. The van der Waals surface area contributed by atoms with Crippen LogP contribution in [0.5, 0.6) is 0 Å². The summed E-state index contributed by atoms with van der Waals surface area (Å²) in [4.78, 5) is 12.7. The fourth-order valence-corrected chi connectivity index (χ4v) is 5.25. The molecular formula is C16H29ClN2O5S2. The molecule has 0 aromatic heterocycles. The highest BCUT2D eigenvalue weighted by molar-refractivity contribution is 7.99. The first-order valence-corrected chi connectivity index (χ1v) is 11.6. The lowest BCUT2D eigenvalue weighted by Crippen LogP contribution is -2.65. The van der Waals surface area contributed by atoms with E-state index in [0.29, 0.717) is 5.25 Å². The minimum atomic E-state index is -1.36. The fraction of sp³-hybridized carbons (Fsp3) is 0.938. The maximum absolute atomic E-state index is 12.7. The molecule has 2 aliphatic heterocycles. The predicted octanol–water partition coefficient (Wildman–Crippen LogP) is -0.247. The number of aliphatic hydroxyl groups excluding tert-OH is 3. The Morgan fingerprint density at radius 3 is 2.62 bits per heavy atom. The standard InChI is InChI=1S/C16H29ClN2O5S2/c1-4-26-8-5-9(18-6-8)15(23)19-10(7(2)17)14-12(21)11(20)13(22)16(24-14)25-3/h7-14,16,18,20-22H,4-6H2,1-3H3,(H,19,23)/t7-,8-,9-,10+,11-,12+,13?,14+,16+/m0/s1. The zero-order valence-corrected chi connectivity index (χ0v) is 17.6. The highest BCUT2D eigenvalue weighted by Crippen LogP contribution is 2.30. The summed E-state index contributed by atoms with van der Waals surface area (Å²) in [6.45, 7) is 4.57. The van der Waals surface area contributed by atoms with Gasteiger partial charge in [0.15, 0.2) is 0 Å². The highest BCUT2D eigenvalue weighted by atomic mass is 35.5. The predicted molar refractivity (Wildman–Crippen MR) is 106 cm³/mol. The number of ether oxygens (including phenoxy) is 1. The lowest BCUT2D eigenvalue weighted by molar-refractivity contribution is -0.205. The van der Waals surface area contributed by atoms with Crippen molar-refractivity contribution in [1.29, 1.82) is 0 Å². The van der Waals surface area contributed by atoms with Crippen molar-refractivity contribution < 1.29 is 24.9 Å². The van der Waals surface area contributed by atoms with Gasteiger partial charge >= 0.3 is 0 Å². The van der Waals surface area contributed by atoms with Crippen molar-refractivity contribution in [2.45, 2.75) is 72.8 Å². The highest BCUT2D eigenvalue weighted by Gasteiger charge is 2.48. The van der Waals surface area contributed by atoms with E-state index in [4.69, 9.17) is 16.3 Å². The van der Waals surface area contributed by atoms with E-state index in [0.717, 1.165) is 18.7 Å². The molecule has 5 N–H and O–H groups in total. The SMILES string of the molecule is CCS[C@@H]1CN[C@H](C(=O)N[C@@H]([C@H]2O[C@H](SC)C(O)[C@@H](O)[C@H]2O)[C@H](C)Cl)C1. The molecule has 2 saturated heterocycles. The Morgan fingerprint density at radius 1 is 1.35 bits per heavy atom. The van der Waals surface area contributed by atoms with Gasteiger partial charge in [-0.1, -0.05) is 6.92 Å². The van der Waals surface area contributed by atoms with Gasteiger partial charge in [0.05, 0.1) is 17.5 Å². The quantitative estimate of drug-likeness (QED) is 0.353. The van der Waals surface area contributed by atoms with Crippen LogP contribution in [0.25, 0.3) is 0 Å². The fourth-order valence-electron chi connectivity index (χ4n) is 3.35. The maximum atomic E-state index is 12.7. The topological polar surface area (TPSA) is 111 Å². The molecule has 1 unspecified atom stereocenters. The maximum Gasteiger partial charge on any atom is 0.237 e. The van der Waals surface area contributed by atoms with Gasteiger partial charge in [0.2, 0.25) is 5.91 Å². The van der Waals surface area contributed by atoms with Crippen molar-refractivity contribution in [3.63, 3.8) is 0 Å². The van der Waals surface area contributed by atoms with Crippen molar-refractivity contribution in [3.8, 4) is 0 Å². The van der Waals surface area contributed by atoms with Gasteiger partial charge in [0.25, 0.3) is 0 Å². The Labute approximate surface area is 168 Å². The number of rotatable bonds is 7. The van der Waals surface area contributed by atoms with Gasteiger partial charge in [0, 0.05) is 11.8 Å². The molecule has 0 aromatic rings. The Morgan fingerprint density at radius 2 is 2.04 bits per heavy atom. The van der Waals surface area contributed by atoms with Gasteiger partial charge in [-0.05, 0) is 25.4 Å². The minimum Gasteiger partial charge on any atom is -0.388 e. The Hall–Kier alpha value is 0.260. The second-order valence-electron chi connectivity index (χ2n) is 6.66. The number of thioether (sulfide) groups is 2. The van der Waals surface area contributed by atoms with Crippen LogP contribution in [0.15, 0.2) is 0 Å². The number of hydrogen-bond acceptors (Lipinski definition) is 8. The second kappa shape index (κ2) is 10.2. The van der Waals surface area contributed by atoms with Crippen molar-refractivity contribution in [1.82, 2.24) is 10.6 Å². The van der Waals surface area contributed by atoms with E-state index in [1.807, 2.05) is 11.8 Å². The van der Waals surface area contributed by atoms with E-state index in [1.54, 1.807) is 13.2 Å². The van der Waals surface area contributed by atoms with Crippen LogP contribution < -0.4 is 10.6 Å². The lowest BCUT2D eigenvalue weighted by atomic mass is 9.93. The number of amides is 1. The largest absolute Gasteiger partial charge is 0.388 e. The first-order chi connectivity index (χ1) is 12.3. The van der Waals surface area contributed by atoms with E-state index in [9.17, 15) is 20.1 Å². The monoisotopic (exact) mass is 428 g/mol. The van der Waals surface area contributed by atoms with E-state index >= 15 is 0 Å². The molecular weight excluding hydrogens is 400 g/mol. The number of hydrogen-bond donors (Lipinski definition) is 5. The van der Waals surface area contributed by atoms with E-state index in [2.05, 4.69) is 17.6 Å². The van der Waals surface area contributed by atoms with Crippen LogP contribution in [-0.2, 0) is 9.53 Å². The summed E-state index contributed by atoms with van der Waals surface area (Å²) < 4.78 is 5.76. The van der Waals surface area contributed by atoms with Crippen LogP contribution in [0.1, 0.15) is 20.3 Å². The average Bonchev–Trinajstić information content (AvgIpc) is 3.07. The zero-order valence-electron chi connectivity index (χ0n) is 15.2. The molecule has 0 aliphatic carbocycles. The molecule has 0 radical (unpaired) electrons. The minimum absolute atomic E-state index is 0.196. The number of aliphatic hydroxyl groups is 3. The molecule has 26 heavy (non-hydrogen) atoms. The molecule has 1 amide bonds. The first-order valence-electron chi connectivity index (χ1n) is 8.82. The number of carbonyl (C=O) groups excluding carboxylic acids is 1.